The maximum absolute atomic E-state index is 12.1. The Labute approximate surface area is 158 Å². The monoisotopic (exact) mass is 366 g/mol. The standard InChI is InChI=1S/C21H22N2O4/c1-23(2)21(25)14-27-18-7-5-17(6-8-18)22-20(24)10-4-15-3-9-19-16(13-15)11-12-26-19/h3-10,13H,11-12,14H2,1-2H3,(H,22,24)/b10-4+. The molecule has 0 aromatic heterocycles. The first-order valence-corrected chi connectivity index (χ1v) is 8.69. The van der Waals surface area contributed by atoms with E-state index in [9.17, 15) is 9.59 Å². The zero-order chi connectivity index (χ0) is 19.2. The summed E-state index contributed by atoms with van der Waals surface area (Å²) in [5, 5.41) is 2.79. The van der Waals surface area contributed by atoms with Crippen LogP contribution in [0.4, 0.5) is 5.69 Å². The molecule has 1 aliphatic heterocycles. The van der Waals surface area contributed by atoms with Gasteiger partial charge in [0.15, 0.2) is 6.61 Å². The Balaban J connectivity index is 1.52. The van der Waals surface area contributed by atoms with Crippen LogP contribution in [0.1, 0.15) is 11.1 Å². The number of likely N-dealkylation sites (N-methyl/N-ethyl adjacent to an activating group) is 1. The van der Waals surface area contributed by atoms with Gasteiger partial charge in [-0.1, -0.05) is 6.07 Å². The topological polar surface area (TPSA) is 67.9 Å². The Morgan fingerprint density at radius 3 is 2.70 bits per heavy atom. The van der Waals surface area contributed by atoms with Gasteiger partial charge < -0.3 is 19.7 Å². The van der Waals surface area contributed by atoms with Crippen molar-refractivity contribution in [1.82, 2.24) is 4.90 Å². The highest BCUT2D eigenvalue weighted by Gasteiger charge is 2.11. The SMILES string of the molecule is CN(C)C(=O)COc1ccc(NC(=O)/C=C/c2ccc3c(c2)CCO3)cc1. The number of nitrogens with zero attached hydrogens (tertiary/aromatic N) is 1. The quantitative estimate of drug-likeness (QED) is 0.799. The molecular formula is C21H22N2O4. The molecule has 1 heterocycles. The molecule has 6 heteroatoms. The molecule has 0 saturated heterocycles. The number of ether oxygens (including phenoxy) is 2. The second-order valence-corrected chi connectivity index (χ2v) is 6.39. The molecular weight excluding hydrogens is 344 g/mol. The molecule has 0 saturated carbocycles. The van der Waals surface area contributed by atoms with Crippen molar-refractivity contribution >= 4 is 23.6 Å². The highest BCUT2D eigenvalue weighted by Crippen LogP contribution is 2.26. The summed E-state index contributed by atoms with van der Waals surface area (Å²) in [5.74, 6) is 1.16. The lowest BCUT2D eigenvalue weighted by Gasteiger charge is -2.11. The Bertz CT molecular complexity index is 857. The summed E-state index contributed by atoms with van der Waals surface area (Å²) >= 11 is 0. The largest absolute Gasteiger partial charge is 0.493 e. The van der Waals surface area contributed by atoms with Crippen molar-refractivity contribution in [3.8, 4) is 11.5 Å². The minimum Gasteiger partial charge on any atom is -0.493 e. The summed E-state index contributed by atoms with van der Waals surface area (Å²) < 4.78 is 10.9. The molecule has 0 radical (unpaired) electrons. The minimum absolute atomic E-state index is 0.0206. The van der Waals surface area contributed by atoms with E-state index in [1.165, 1.54) is 16.5 Å². The van der Waals surface area contributed by atoms with Gasteiger partial charge in [-0.15, -0.1) is 0 Å². The van der Waals surface area contributed by atoms with Crippen molar-refractivity contribution in [2.45, 2.75) is 6.42 Å². The van der Waals surface area contributed by atoms with Crippen LogP contribution in [0.15, 0.2) is 48.5 Å². The lowest BCUT2D eigenvalue weighted by molar-refractivity contribution is -0.130. The number of anilines is 1. The number of hydrogen-bond acceptors (Lipinski definition) is 4. The van der Waals surface area contributed by atoms with Crippen molar-refractivity contribution in [2.24, 2.45) is 0 Å². The van der Waals surface area contributed by atoms with E-state index in [-0.39, 0.29) is 18.4 Å². The average Bonchev–Trinajstić information content (AvgIpc) is 3.13. The fourth-order valence-electron chi connectivity index (χ4n) is 2.57. The van der Waals surface area contributed by atoms with E-state index >= 15 is 0 Å². The van der Waals surface area contributed by atoms with Gasteiger partial charge in [-0.25, -0.2) is 0 Å². The maximum atomic E-state index is 12.1. The second-order valence-electron chi connectivity index (χ2n) is 6.39. The van der Waals surface area contributed by atoms with E-state index in [4.69, 9.17) is 9.47 Å². The Kier molecular flexibility index (Phi) is 5.76. The lowest BCUT2D eigenvalue weighted by atomic mass is 10.1. The van der Waals surface area contributed by atoms with Crippen LogP contribution in [0.5, 0.6) is 11.5 Å². The summed E-state index contributed by atoms with van der Waals surface area (Å²) in [4.78, 5) is 25.1. The maximum Gasteiger partial charge on any atom is 0.259 e. The van der Waals surface area contributed by atoms with Crippen molar-refractivity contribution in [2.75, 3.05) is 32.6 Å². The molecule has 140 valence electrons. The Hall–Kier alpha value is -3.28. The Morgan fingerprint density at radius 2 is 1.96 bits per heavy atom. The van der Waals surface area contributed by atoms with Gasteiger partial charge in [0.05, 0.1) is 6.61 Å². The third-order valence-electron chi connectivity index (χ3n) is 4.12. The molecule has 0 fully saturated rings. The molecule has 2 amide bonds. The van der Waals surface area contributed by atoms with Gasteiger partial charge in [0.2, 0.25) is 5.91 Å². The molecule has 1 N–H and O–H groups in total. The number of carbonyl (C=O) groups is 2. The number of fused-ring (bicyclic) bond motifs is 1. The van der Waals surface area contributed by atoms with Crippen molar-refractivity contribution in [1.29, 1.82) is 0 Å². The fourth-order valence-corrected chi connectivity index (χ4v) is 2.57. The molecule has 27 heavy (non-hydrogen) atoms. The van der Waals surface area contributed by atoms with Gasteiger partial charge in [-0.2, -0.15) is 0 Å². The van der Waals surface area contributed by atoms with Crippen LogP contribution in [0.25, 0.3) is 6.08 Å². The van der Waals surface area contributed by atoms with E-state index < -0.39 is 0 Å². The van der Waals surface area contributed by atoms with E-state index in [0.717, 1.165) is 17.7 Å². The minimum atomic E-state index is -0.219. The van der Waals surface area contributed by atoms with Crippen molar-refractivity contribution < 1.29 is 19.1 Å². The third-order valence-corrected chi connectivity index (χ3v) is 4.12. The number of carbonyl (C=O) groups excluding carboxylic acids is 2. The number of rotatable bonds is 6. The molecule has 3 rings (SSSR count). The van der Waals surface area contributed by atoms with Gasteiger partial charge >= 0.3 is 0 Å². The molecule has 2 aromatic carbocycles. The molecule has 0 aliphatic carbocycles. The summed E-state index contributed by atoms with van der Waals surface area (Å²) in [6.07, 6.45) is 4.17. The summed E-state index contributed by atoms with van der Waals surface area (Å²) in [7, 11) is 3.35. The van der Waals surface area contributed by atoms with E-state index in [1.54, 1.807) is 44.4 Å². The zero-order valence-electron chi connectivity index (χ0n) is 15.4. The lowest BCUT2D eigenvalue weighted by Crippen LogP contribution is -2.27. The zero-order valence-corrected chi connectivity index (χ0v) is 15.4. The van der Waals surface area contributed by atoms with Gasteiger partial charge in [-0.05, 0) is 53.6 Å². The second kappa shape index (κ2) is 8.40. The van der Waals surface area contributed by atoms with E-state index in [2.05, 4.69) is 5.32 Å². The van der Waals surface area contributed by atoms with Crippen LogP contribution in [-0.2, 0) is 16.0 Å². The predicted octanol–water partition coefficient (Wildman–Crippen LogP) is 2.74. The Morgan fingerprint density at radius 1 is 1.19 bits per heavy atom. The fraction of sp³-hybridized carbons (Fsp3) is 0.238. The number of nitrogens with one attached hydrogen (secondary N) is 1. The molecule has 0 bridgehead atoms. The van der Waals surface area contributed by atoms with Crippen molar-refractivity contribution in [3.05, 3.63) is 59.7 Å². The van der Waals surface area contributed by atoms with Crippen LogP contribution < -0.4 is 14.8 Å². The van der Waals surface area contributed by atoms with E-state index in [1.807, 2.05) is 18.2 Å². The van der Waals surface area contributed by atoms with Crippen molar-refractivity contribution in [3.63, 3.8) is 0 Å². The third kappa shape index (κ3) is 5.10. The molecule has 1 aliphatic rings. The highest BCUT2D eigenvalue weighted by atomic mass is 16.5. The first-order valence-electron chi connectivity index (χ1n) is 8.69. The smallest absolute Gasteiger partial charge is 0.259 e. The molecule has 0 atom stereocenters. The molecule has 0 spiro atoms. The molecule has 6 nitrogen and oxygen atoms in total. The van der Waals surface area contributed by atoms with E-state index in [0.29, 0.717) is 18.0 Å². The highest BCUT2D eigenvalue weighted by molar-refractivity contribution is 6.01. The van der Waals surface area contributed by atoms with Crippen LogP contribution in [0, 0.1) is 0 Å². The summed E-state index contributed by atoms with van der Waals surface area (Å²) in [6.45, 7) is 0.694. The predicted molar refractivity (Wildman–Crippen MR) is 104 cm³/mol. The summed E-state index contributed by atoms with van der Waals surface area (Å²) in [5.41, 5.74) is 2.78. The number of hydrogen-bond donors (Lipinski definition) is 1. The number of benzene rings is 2. The molecule has 2 aromatic rings. The van der Waals surface area contributed by atoms with Crippen LogP contribution in [0.2, 0.25) is 0 Å². The normalized spacial score (nSPS) is 12.4. The molecule has 0 unspecified atom stereocenters. The van der Waals surface area contributed by atoms with Crippen LogP contribution in [-0.4, -0.2) is 44.0 Å². The number of amides is 2. The first-order chi connectivity index (χ1) is 13.0. The average molecular weight is 366 g/mol. The van der Waals surface area contributed by atoms with Crippen LogP contribution >= 0.6 is 0 Å². The first kappa shape index (κ1) is 18.5. The van der Waals surface area contributed by atoms with Gasteiger partial charge in [0.25, 0.3) is 5.91 Å². The van der Waals surface area contributed by atoms with Gasteiger partial charge in [0.1, 0.15) is 11.5 Å². The van der Waals surface area contributed by atoms with Crippen LogP contribution in [0.3, 0.4) is 0 Å². The summed E-state index contributed by atoms with van der Waals surface area (Å²) in [6, 6.07) is 12.8. The van der Waals surface area contributed by atoms with Gasteiger partial charge in [-0.3, -0.25) is 9.59 Å². The van der Waals surface area contributed by atoms with Gasteiger partial charge in [0, 0.05) is 32.3 Å².